The Bertz CT molecular complexity index is 1280. The van der Waals surface area contributed by atoms with Crippen LogP contribution in [0.5, 0.6) is 11.5 Å². The fourth-order valence-corrected chi connectivity index (χ4v) is 3.45. The lowest BCUT2D eigenvalue weighted by Crippen LogP contribution is -2.32. The second-order valence-corrected chi connectivity index (χ2v) is 8.22. The summed E-state index contributed by atoms with van der Waals surface area (Å²) in [6.07, 6.45) is 2.29. The minimum atomic E-state index is -0.902. The van der Waals surface area contributed by atoms with Crippen LogP contribution in [0.3, 0.4) is 0 Å². The number of nitrogens with one attached hydrogen (secondary N) is 3. The summed E-state index contributed by atoms with van der Waals surface area (Å²) in [6, 6.07) is 18.1. The maximum Gasteiger partial charge on any atom is 0.329 e. The minimum absolute atomic E-state index is 0.204. The van der Waals surface area contributed by atoms with Crippen molar-refractivity contribution >= 4 is 35.3 Å². The van der Waals surface area contributed by atoms with Crippen LogP contribution in [-0.4, -0.2) is 37.7 Å². The summed E-state index contributed by atoms with van der Waals surface area (Å²) in [5.41, 5.74) is 6.95. The van der Waals surface area contributed by atoms with Gasteiger partial charge in [0.15, 0.2) is 18.1 Å². The molecule has 0 aliphatic heterocycles. The molecule has 0 spiro atoms. The maximum atomic E-state index is 12.2. The summed E-state index contributed by atoms with van der Waals surface area (Å²) < 4.78 is 11.0. The van der Waals surface area contributed by atoms with Crippen molar-refractivity contribution in [2.75, 3.05) is 24.4 Å². The molecule has 0 heterocycles. The first kappa shape index (κ1) is 26.9. The standard InChI is InChI=1S/C28H30N4O5/c1-5-20-9-12-22(13-10-20)30-25(33)17-37-23-14-11-21(15-24(23)36-4)16-29-32-28(35)27(34)31-26-18(2)7-6-8-19(26)3/h6-16H,5,17H2,1-4H3,(H,30,33)(H,31,34)(H,32,35)/b29-16-. The number of nitrogens with zero attached hydrogens (tertiary/aromatic N) is 1. The summed E-state index contributed by atoms with van der Waals surface area (Å²) in [5.74, 6) is -1.29. The molecule has 0 saturated heterocycles. The molecule has 0 aliphatic carbocycles. The number of carbonyl (C=O) groups excluding carboxylic acids is 3. The van der Waals surface area contributed by atoms with Gasteiger partial charge in [0, 0.05) is 11.4 Å². The van der Waals surface area contributed by atoms with Gasteiger partial charge in [-0.15, -0.1) is 0 Å². The number of carbonyl (C=O) groups is 3. The predicted molar refractivity (Wildman–Crippen MR) is 143 cm³/mol. The first-order valence-corrected chi connectivity index (χ1v) is 11.7. The topological polar surface area (TPSA) is 118 Å². The van der Waals surface area contributed by atoms with Gasteiger partial charge in [-0.1, -0.05) is 37.3 Å². The number of hydrazone groups is 1. The highest BCUT2D eigenvalue weighted by molar-refractivity contribution is 6.39. The van der Waals surface area contributed by atoms with Crippen molar-refractivity contribution in [3.8, 4) is 11.5 Å². The van der Waals surface area contributed by atoms with Gasteiger partial charge in [0.2, 0.25) is 0 Å². The van der Waals surface area contributed by atoms with Crippen LogP contribution in [0.15, 0.2) is 65.8 Å². The molecule has 0 unspecified atom stereocenters. The molecule has 37 heavy (non-hydrogen) atoms. The van der Waals surface area contributed by atoms with Crippen LogP contribution in [0.4, 0.5) is 11.4 Å². The average molecular weight is 503 g/mol. The van der Waals surface area contributed by atoms with Crippen molar-refractivity contribution < 1.29 is 23.9 Å². The highest BCUT2D eigenvalue weighted by atomic mass is 16.5. The van der Waals surface area contributed by atoms with E-state index in [1.165, 1.54) is 18.9 Å². The molecule has 192 valence electrons. The number of hydrogen-bond donors (Lipinski definition) is 3. The molecule has 0 bridgehead atoms. The lowest BCUT2D eigenvalue weighted by atomic mass is 10.1. The van der Waals surface area contributed by atoms with Crippen molar-refractivity contribution in [3.63, 3.8) is 0 Å². The molecule has 9 heteroatoms. The highest BCUT2D eigenvalue weighted by Crippen LogP contribution is 2.27. The van der Waals surface area contributed by atoms with E-state index in [1.54, 1.807) is 18.2 Å². The number of ether oxygens (including phenoxy) is 2. The summed E-state index contributed by atoms with van der Waals surface area (Å²) in [5, 5.41) is 9.23. The van der Waals surface area contributed by atoms with Crippen LogP contribution >= 0.6 is 0 Å². The molecule has 0 saturated carbocycles. The number of rotatable bonds is 9. The van der Waals surface area contributed by atoms with Gasteiger partial charge in [0.1, 0.15) is 0 Å². The number of methoxy groups -OCH3 is 1. The fraction of sp³-hybridized carbons (Fsp3) is 0.214. The summed E-state index contributed by atoms with van der Waals surface area (Å²) in [6.45, 7) is 5.55. The van der Waals surface area contributed by atoms with Gasteiger partial charge in [-0.3, -0.25) is 14.4 Å². The zero-order valence-electron chi connectivity index (χ0n) is 21.3. The monoisotopic (exact) mass is 502 g/mol. The third-order valence-corrected chi connectivity index (χ3v) is 5.50. The number of para-hydroxylation sites is 1. The van der Waals surface area contributed by atoms with Gasteiger partial charge in [-0.25, -0.2) is 5.43 Å². The number of anilines is 2. The SMILES string of the molecule is CCc1ccc(NC(=O)COc2ccc(/C=N\NC(=O)C(=O)Nc3c(C)cccc3C)cc2OC)cc1. The van der Waals surface area contributed by atoms with Crippen molar-refractivity contribution in [2.24, 2.45) is 5.10 Å². The van der Waals surface area contributed by atoms with Crippen LogP contribution in [0.1, 0.15) is 29.2 Å². The van der Waals surface area contributed by atoms with Crippen molar-refractivity contribution in [3.05, 3.63) is 82.9 Å². The molecule has 3 aromatic rings. The molecular weight excluding hydrogens is 472 g/mol. The first-order valence-electron chi connectivity index (χ1n) is 11.7. The molecule has 3 amide bonds. The van der Waals surface area contributed by atoms with Gasteiger partial charge < -0.3 is 20.1 Å². The van der Waals surface area contributed by atoms with Crippen LogP contribution < -0.4 is 25.5 Å². The van der Waals surface area contributed by atoms with Crippen LogP contribution in [0.25, 0.3) is 0 Å². The Labute approximate surface area is 215 Å². The number of hydrogen-bond acceptors (Lipinski definition) is 6. The minimum Gasteiger partial charge on any atom is -0.493 e. The zero-order valence-corrected chi connectivity index (χ0v) is 21.3. The first-order chi connectivity index (χ1) is 17.8. The Kier molecular flexibility index (Phi) is 9.37. The number of amides is 3. The van der Waals surface area contributed by atoms with Crippen LogP contribution in [-0.2, 0) is 20.8 Å². The molecule has 0 radical (unpaired) electrons. The molecule has 3 rings (SSSR count). The average Bonchev–Trinajstić information content (AvgIpc) is 2.90. The molecule has 0 atom stereocenters. The van der Waals surface area contributed by atoms with Gasteiger partial charge >= 0.3 is 11.8 Å². The number of aryl methyl sites for hydroxylation is 3. The Morgan fingerprint density at radius 3 is 2.24 bits per heavy atom. The normalized spacial score (nSPS) is 10.6. The maximum absolute atomic E-state index is 12.2. The predicted octanol–water partition coefficient (Wildman–Crippen LogP) is 3.98. The van der Waals surface area contributed by atoms with Gasteiger partial charge in [0.25, 0.3) is 5.91 Å². The Hall–Kier alpha value is -4.66. The lowest BCUT2D eigenvalue weighted by Gasteiger charge is -2.12. The van der Waals surface area contributed by atoms with Gasteiger partial charge in [-0.2, -0.15) is 5.10 Å². The van der Waals surface area contributed by atoms with E-state index in [0.717, 1.165) is 17.5 Å². The molecular formula is C28H30N4O5. The quantitative estimate of drug-likeness (QED) is 0.232. The second kappa shape index (κ2) is 12.9. The second-order valence-electron chi connectivity index (χ2n) is 8.22. The van der Waals surface area contributed by atoms with Crippen LogP contribution in [0.2, 0.25) is 0 Å². The third-order valence-electron chi connectivity index (χ3n) is 5.50. The van der Waals surface area contributed by atoms with Crippen molar-refractivity contribution in [1.29, 1.82) is 0 Å². The van der Waals surface area contributed by atoms with E-state index in [0.29, 0.717) is 28.4 Å². The zero-order chi connectivity index (χ0) is 26.8. The largest absolute Gasteiger partial charge is 0.493 e. The summed E-state index contributed by atoms with van der Waals surface area (Å²) in [4.78, 5) is 36.6. The smallest absolute Gasteiger partial charge is 0.329 e. The van der Waals surface area contributed by atoms with E-state index < -0.39 is 11.8 Å². The summed E-state index contributed by atoms with van der Waals surface area (Å²) in [7, 11) is 1.47. The molecule has 9 nitrogen and oxygen atoms in total. The van der Waals surface area contributed by atoms with E-state index in [4.69, 9.17) is 9.47 Å². The Balaban J connectivity index is 1.53. The van der Waals surface area contributed by atoms with E-state index in [-0.39, 0.29) is 12.5 Å². The van der Waals surface area contributed by atoms with E-state index in [9.17, 15) is 14.4 Å². The van der Waals surface area contributed by atoms with Crippen molar-refractivity contribution in [2.45, 2.75) is 27.2 Å². The molecule has 3 aromatic carbocycles. The molecule has 3 N–H and O–H groups in total. The third kappa shape index (κ3) is 7.66. The van der Waals surface area contributed by atoms with Crippen LogP contribution in [0, 0.1) is 13.8 Å². The number of benzene rings is 3. The van der Waals surface area contributed by atoms with Crippen molar-refractivity contribution in [1.82, 2.24) is 5.43 Å². The Morgan fingerprint density at radius 2 is 1.59 bits per heavy atom. The van der Waals surface area contributed by atoms with E-state index >= 15 is 0 Å². The molecule has 0 aliphatic rings. The lowest BCUT2D eigenvalue weighted by molar-refractivity contribution is -0.136. The molecule has 0 aromatic heterocycles. The summed E-state index contributed by atoms with van der Waals surface area (Å²) >= 11 is 0. The molecule has 0 fully saturated rings. The Morgan fingerprint density at radius 1 is 0.892 bits per heavy atom. The van der Waals surface area contributed by atoms with E-state index in [1.807, 2.05) is 56.3 Å². The van der Waals surface area contributed by atoms with Gasteiger partial charge in [0.05, 0.1) is 13.3 Å². The highest BCUT2D eigenvalue weighted by Gasteiger charge is 2.15. The fourth-order valence-electron chi connectivity index (χ4n) is 3.45. The van der Waals surface area contributed by atoms with Gasteiger partial charge in [-0.05, 0) is 72.9 Å². The van der Waals surface area contributed by atoms with E-state index in [2.05, 4.69) is 28.1 Å².